The molecule has 3 aliphatic heterocycles. The first-order valence-electron chi connectivity index (χ1n) is 13.0. The Bertz CT molecular complexity index is 972. The molecule has 2 aromatic rings. The monoisotopic (exact) mass is 485 g/mol. The number of carbonyl (C=O) groups excluding carboxylic acids is 1. The van der Waals surface area contributed by atoms with Crippen LogP contribution in [-0.2, 0) is 11.3 Å². The molecule has 1 amide bonds. The van der Waals surface area contributed by atoms with Crippen LogP contribution in [0.4, 0.5) is 0 Å². The fourth-order valence-corrected chi connectivity index (χ4v) is 6.86. The van der Waals surface area contributed by atoms with Gasteiger partial charge in [-0.2, -0.15) is 0 Å². The average Bonchev–Trinajstić information content (AvgIpc) is 3.56. The van der Waals surface area contributed by atoms with Crippen LogP contribution in [0, 0.1) is 12.3 Å². The van der Waals surface area contributed by atoms with E-state index in [0.717, 1.165) is 71.4 Å². The van der Waals surface area contributed by atoms with Crippen molar-refractivity contribution in [1.29, 1.82) is 0 Å². The number of rotatable bonds is 6. The van der Waals surface area contributed by atoms with Crippen LogP contribution in [0.3, 0.4) is 0 Å². The minimum absolute atomic E-state index is 0.0419. The number of aryl methyl sites for hydroxylation is 1. The molecule has 5 heterocycles. The van der Waals surface area contributed by atoms with Gasteiger partial charge < -0.3 is 9.32 Å². The van der Waals surface area contributed by atoms with E-state index in [1.54, 1.807) is 0 Å². The molecule has 0 N–H and O–H groups in total. The van der Waals surface area contributed by atoms with E-state index in [1.165, 1.54) is 16.2 Å². The number of aromatic nitrogens is 2. The van der Waals surface area contributed by atoms with Gasteiger partial charge in [0.25, 0.3) is 0 Å². The summed E-state index contributed by atoms with van der Waals surface area (Å²) in [6.45, 7) is 12.8. The quantitative estimate of drug-likeness (QED) is 0.596. The van der Waals surface area contributed by atoms with Gasteiger partial charge in [0.15, 0.2) is 0 Å². The Morgan fingerprint density at radius 2 is 1.91 bits per heavy atom. The summed E-state index contributed by atoms with van der Waals surface area (Å²) >= 11 is 1.91. The van der Waals surface area contributed by atoms with Crippen LogP contribution in [0.2, 0.25) is 0 Å². The maximum absolute atomic E-state index is 13.2. The first kappa shape index (κ1) is 23.9. The van der Waals surface area contributed by atoms with Gasteiger partial charge in [0.05, 0.1) is 12.6 Å². The van der Waals surface area contributed by atoms with Crippen LogP contribution >= 0.6 is 11.3 Å². The van der Waals surface area contributed by atoms with Gasteiger partial charge in [0.1, 0.15) is 0 Å². The summed E-state index contributed by atoms with van der Waals surface area (Å²) in [6.07, 6.45) is 6.81. The molecule has 7 nitrogen and oxygen atoms in total. The number of hydrogen-bond acceptors (Lipinski definition) is 7. The largest absolute Gasteiger partial charge is 0.423 e. The average molecular weight is 486 g/mol. The Morgan fingerprint density at radius 3 is 2.56 bits per heavy atom. The third-order valence-corrected chi connectivity index (χ3v) is 8.97. The van der Waals surface area contributed by atoms with Gasteiger partial charge >= 0.3 is 0 Å². The zero-order chi connectivity index (χ0) is 23.7. The van der Waals surface area contributed by atoms with E-state index in [2.05, 4.69) is 57.8 Å². The van der Waals surface area contributed by atoms with Crippen LogP contribution in [0.15, 0.2) is 16.5 Å². The van der Waals surface area contributed by atoms with Gasteiger partial charge in [-0.1, -0.05) is 13.8 Å². The molecule has 2 aromatic heterocycles. The molecular formula is C26H39N5O2S. The fourth-order valence-electron chi connectivity index (χ4n) is 5.92. The fraction of sp³-hybridized carbons (Fsp3) is 0.731. The highest BCUT2D eigenvalue weighted by Crippen LogP contribution is 2.49. The second kappa shape index (κ2) is 10.1. The van der Waals surface area contributed by atoms with Crippen LogP contribution in [0.1, 0.15) is 85.9 Å². The minimum atomic E-state index is 0.0419. The van der Waals surface area contributed by atoms with E-state index in [4.69, 9.17) is 4.42 Å². The second-order valence-corrected chi connectivity index (χ2v) is 12.4. The van der Waals surface area contributed by atoms with Crippen LogP contribution < -0.4 is 0 Å². The molecule has 3 saturated heterocycles. The van der Waals surface area contributed by atoms with Crippen LogP contribution in [0.5, 0.6) is 0 Å². The molecule has 186 valence electrons. The second-order valence-electron chi connectivity index (χ2n) is 11.0. The highest BCUT2D eigenvalue weighted by molar-refractivity contribution is 7.11. The van der Waals surface area contributed by atoms with Crippen molar-refractivity contribution >= 4 is 17.2 Å². The van der Waals surface area contributed by atoms with E-state index in [1.807, 2.05) is 11.3 Å². The number of amides is 1. The van der Waals surface area contributed by atoms with Gasteiger partial charge in [0, 0.05) is 41.9 Å². The van der Waals surface area contributed by atoms with E-state index >= 15 is 0 Å². The number of carbonyl (C=O) groups is 1. The molecule has 0 bridgehead atoms. The smallest absolute Gasteiger partial charge is 0.236 e. The summed E-state index contributed by atoms with van der Waals surface area (Å²) in [6, 6.07) is 4.53. The molecule has 1 unspecified atom stereocenters. The van der Waals surface area contributed by atoms with E-state index in [9.17, 15) is 4.79 Å². The highest BCUT2D eigenvalue weighted by Gasteiger charge is 2.48. The number of piperidine rings is 2. The van der Waals surface area contributed by atoms with Crippen LogP contribution in [0.25, 0.3) is 0 Å². The molecule has 34 heavy (non-hydrogen) atoms. The Kier molecular flexibility index (Phi) is 7.09. The molecule has 3 fully saturated rings. The van der Waals surface area contributed by atoms with Gasteiger partial charge in [-0.05, 0) is 76.1 Å². The van der Waals surface area contributed by atoms with Crippen molar-refractivity contribution in [1.82, 2.24) is 24.9 Å². The Labute approximate surface area is 207 Å². The van der Waals surface area contributed by atoms with Crippen molar-refractivity contribution < 1.29 is 9.21 Å². The zero-order valence-electron chi connectivity index (χ0n) is 21.0. The minimum Gasteiger partial charge on any atom is -0.423 e. The summed E-state index contributed by atoms with van der Waals surface area (Å²) < 4.78 is 6.12. The van der Waals surface area contributed by atoms with Crippen molar-refractivity contribution in [3.8, 4) is 0 Å². The third-order valence-electron chi connectivity index (χ3n) is 7.98. The molecule has 0 saturated carbocycles. The van der Waals surface area contributed by atoms with E-state index in [0.29, 0.717) is 18.3 Å². The number of likely N-dealkylation sites (tertiary alicyclic amines) is 3. The van der Waals surface area contributed by atoms with E-state index in [-0.39, 0.29) is 23.3 Å². The highest BCUT2D eigenvalue weighted by atomic mass is 32.1. The first-order chi connectivity index (χ1) is 16.4. The molecule has 1 atom stereocenters. The summed E-state index contributed by atoms with van der Waals surface area (Å²) in [5, 5.41) is 8.76. The summed E-state index contributed by atoms with van der Waals surface area (Å²) in [5.41, 5.74) is 0.223. The van der Waals surface area contributed by atoms with E-state index < -0.39 is 0 Å². The molecule has 8 heteroatoms. The summed E-state index contributed by atoms with van der Waals surface area (Å²) in [5.74, 6) is 1.86. The number of thiophene rings is 1. The van der Waals surface area contributed by atoms with Crippen molar-refractivity contribution in [2.75, 3.05) is 39.3 Å². The Morgan fingerprint density at radius 1 is 1.15 bits per heavy atom. The topological polar surface area (TPSA) is 65.7 Å². The summed E-state index contributed by atoms with van der Waals surface area (Å²) in [7, 11) is 0. The number of nitrogens with zero attached hydrogens (tertiary/aromatic N) is 5. The predicted octanol–water partition coefficient (Wildman–Crippen LogP) is 4.60. The molecule has 3 aliphatic rings. The van der Waals surface area contributed by atoms with Gasteiger partial charge in [0.2, 0.25) is 17.7 Å². The lowest BCUT2D eigenvalue weighted by molar-refractivity contribution is -0.133. The molecule has 0 aromatic carbocycles. The van der Waals surface area contributed by atoms with Crippen molar-refractivity contribution in [3.63, 3.8) is 0 Å². The Hall–Kier alpha value is -1.77. The maximum atomic E-state index is 13.2. The SMILES string of the molecule is Cc1ccc(CN2CCC3(CC2)CC(c2nnc(C(C)C)o2)N(CC(=O)N2CCCCC2)C3)s1. The number of hydrogen-bond donors (Lipinski definition) is 0. The molecular weight excluding hydrogens is 446 g/mol. The lowest BCUT2D eigenvalue weighted by atomic mass is 9.76. The lowest BCUT2D eigenvalue weighted by Gasteiger charge is -2.39. The third kappa shape index (κ3) is 5.24. The van der Waals surface area contributed by atoms with Gasteiger partial charge in [-0.3, -0.25) is 14.6 Å². The molecule has 0 aliphatic carbocycles. The first-order valence-corrected chi connectivity index (χ1v) is 13.9. The van der Waals surface area contributed by atoms with Crippen molar-refractivity contribution in [2.24, 2.45) is 5.41 Å². The standard InChI is InChI=1S/C26H39N5O2S/c1-19(2)24-27-28-25(33-24)22-15-26(18-31(22)17-23(32)30-11-5-4-6-12-30)9-13-29(14-10-26)16-21-8-7-20(3)34-21/h7-8,19,22H,4-6,9-18H2,1-3H3. The van der Waals surface area contributed by atoms with Crippen molar-refractivity contribution in [2.45, 2.75) is 77.8 Å². The Balaban J connectivity index is 1.28. The van der Waals surface area contributed by atoms with Crippen molar-refractivity contribution in [3.05, 3.63) is 33.7 Å². The van der Waals surface area contributed by atoms with Gasteiger partial charge in [-0.25, -0.2) is 0 Å². The van der Waals surface area contributed by atoms with Crippen LogP contribution in [-0.4, -0.2) is 70.1 Å². The van der Waals surface area contributed by atoms with Gasteiger partial charge in [-0.15, -0.1) is 21.5 Å². The predicted molar refractivity (Wildman–Crippen MR) is 134 cm³/mol. The lowest BCUT2D eigenvalue weighted by Crippen LogP contribution is -2.44. The summed E-state index contributed by atoms with van der Waals surface area (Å²) in [4.78, 5) is 23.0. The molecule has 1 spiro atoms. The molecule has 5 rings (SSSR count). The normalized spacial score (nSPS) is 23.9. The molecule has 0 radical (unpaired) electrons. The maximum Gasteiger partial charge on any atom is 0.236 e. The zero-order valence-corrected chi connectivity index (χ0v) is 21.8.